The van der Waals surface area contributed by atoms with Crippen LogP contribution in [-0.2, 0) is 19.0 Å². The van der Waals surface area contributed by atoms with E-state index in [2.05, 4.69) is 12.1 Å². The lowest BCUT2D eigenvalue weighted by Gasteiger charge is -2.65. The first kappa shape index (κ1) is 27.6. The fraction of sp³-hybridized carbons (Fsp3) is 0.862. The number of aliphatic hydroxyl groups is 4. The Balaban J connectivity index is 1.24. The molecule has 0 amide bonds. The van der Waals surface area contributed by atoms with Gasteiger partial charge < -0.3 is 39.8 Å². The molecule has 0 radical (unpaired) electrons. The molecule has 39 heavy (non-hydrogen) atoms. The van der Waals surface area contributed by atoms with Crippen molar-refractivity contribution in [1.29, 1.82) is 0 Å². The largest absolute Gasteiger partial charge is 0.458 e. The van der Waals surface area contributed by atoms with Gasteiger partial charge in [0.25, 0.3) is 0 Å². The molecular weight excluding hydrogens is 506 g/mol. The lowest BCUT2D eigenvalue weighted by atomic mass is 9.41. The molecule has 10 nitrogen and oxygen atoms in total. The van der Waals surface area contributed by atoms with E-state index in [9.17, 15) is 30.4 Å². The van der Waals surface area contributed by atoms with Gasteiger partial charge in [0.2, 0.25) is 0 Å². The molecule has 4 aliphatic carbocycles. The van der Waals surface area contributed by atoms with Crippen molar-refractivity contribution in [1.82, 2.24) is 0 Å². The SMILES string of the molecule is CC1OC(OC2CC[C@]3(/C=N/O)[C@H]4CCC5(C)[C@H](C6=CC(=O)OC6)CCC5(O)C4CCC3(O)C2)CC(O)C1O. The third-order valence-electron chi connectivity index (χ3n) is 11.9. The first-order valence-corrected chi connectivity index (χ1v) is 14.6. The summed E-state index contributed by atoms with van der Waals surface area (Å²) in [5.41, 5.74) is -2.37. The Kier molecular flexibility index (Phi) is 6.72. The highest BCUT2D eigenvalue weighted by Crippen LogP contribution is 2.70. The highest BCUT2D eigenvalue weighted by Gasteiger charge is 2.71. The Bertz CT molecular complexity index is 1040. The Morgan fingerprint density at radius 1 is 1.08 bits per heavy atom. The summed E-state index contributed by atoms with van der Waals surface area (Å²) in [7, 11) is 0. The number of aliphatic hydroxyl groups excluding tert-OH is 2. The van der Waals surface area contributed by atoms with Crippen LogP contribution < -0.4 is 0 Å². The number of carbonyl (C=O) groups is 1. The molecule has 9 unspecified atom stereocenters. The summed E-state index contributed by atoms with van der Waals surface area (Å²) >= 11 is 0. The van der Waals surface area contributed by atoms with E-state index in [1.165, 1.54) is 6.21 Å². The molecule has 6 rings (SSSR count). The molecule has 5 N–H and O–H groups in total. The van der Waals surface area contributed by atoms with Gasteiger partial charge in [0.15, 0.2) is 6.29 Å². The van der Waals surface area contributed by atoms with Crippen LogP contribution in [0.2, 0.25) is 0 Å². The highest BCUT2D eigenvalue weighted by molar-refractivity contribution is 5.85. The van der Waals surface area contributed by atoms with Crippen LogP contribution in [0.1, 0.15) is 78.1 Å². The summed E-state index contributed by atoms with van der Waals surface area (Å²) in [6.45, 7) is 4.15. The third-order valence-corrected chi connectivity index (χ3v) is 11.9. The van der Waals surface area contributed by atoms with Crippen LogP contribution in [0.4, 0.5) is 0 Å². The minimum atomic E-state index is -1.18. The molecule has 6 aliphatic rings. The summed E-state index contributed by atoms with van der Waals surface area (Å²) in [6.07, 6.45) is 5.36. The van der Waals surface area contributed by atoms with Gasteiger partial charge in [-0.1, -0.05) is 6.92 Å². The molecule has 5 fully saturated rings. The van der Waals surface area contributed by atoms with Gasteiger partial charge in [0.05, 0.1) is 35.7 Å². The second kappa shape index (κ2) is 9.49. The summed E-state index contributed by atoms with van der Waals surface area (Å²) in [6, 6.07) is 0. The second-order valence-electron chi connectivity index (χ2n) is 13.4. The van der Waals surface area contributed by atoms with E-state index in [0.717, 1.165) is 24.8 Å². The van der Waals surface area contributed by atoms with Crippen LogP contribution in [0.5, 0.6) is 0 Å². The number of hydrogen-bond acceptors (Lipinski definition) is 10. The number of cyclic esters (lactones) is 1. The Labute approximate surface area is 229 Å². The van der Waals surface area contributed by atoms with Gasteiger partial charge >= 0.3 is 5.97 Å². The van der Waals surface area contributed by atoms with Crippen molar-refractivity contribution in [3.63, 3.8) is 0 Å². The molecule has 4 saturated carbocycles. The van der Waals surface area contributed by atoms with Gasteiger partial charge in [-0.05, 0) is 81.6 Å². The Morgan fingerprint density at radius 3 is 2.54 bits per heavy atom. The number of rotatable bonds is 4. The monoisotopic (exact) mass is 549 g/mol. The fourth-order valence-electron chi connectivity index (χ4n) is 9.89. The molecule has 0 aromatic carbocycles. The van der Waals surface area contributed by atoms with E-state index in [1.807, 2.05) is 0 Å². The predicted molar refractivity (Wildman–Crippen MR) is 138 cm³/mol. The number of oxime groups is 1. The summed E-state index contributed by atoms with van der Waals surface area (Å²) in [5.74, 6) is -0.372. The van der Waals surface area contributed by atoms with Gasteiger partial charge in [-0.3, -0.25) is 0 Å². The lowest BCUT2D eigenvalue weighted by Crippen LogP contribution is -2.69. The van der Waals surface area contributed by atoms with Crippen LogP contribution in [0, 0.1) is 28.6 Å². The first-order valence-electron chi connectivity index (χ1n) is 14.6. The van der Waals surface area contributed by atoms with Crippen LogP contribution in [-0.4, -0.2) is 86.3 Å². The van der Waals surface area contributed by atoms with Gasteiger partial charge in [-0.2, -0.15) is 0 Å². The lowest BCUT2D eigenvalue weighted by molar-refractivity contribution is -0.282. The van der Waals surface area contributed by atoms with Gasteiger partial charge in [0.1, 0.15) is 12.7 Å². The number of fused-ring (bicyclic) bond motifs is 5. The molecule has 1 saturated heterocycles. The second-order valence-corrected chi connectivity index (χ2v) is 13.4. The summed E-state index contributed by atoms with van der Waals surface area (Å²) in [5, 5.41) is 58.2. The van der Waals surface area contributed by atoms with Crippen LogP contribution in [0.25, 0.3) is 0 Å². The standard InChI is InChI=1S/C29H43NO9/c1-16-25(33)22(31)12-24(38-16)39-18-3-8-27(15-30-36)20-4-7-26(2)19(17-11-23(32)37-14-17)6-10-29(26,35)21(20)5-9-28(27,34)13-18/h11,15-16,18-22,24-25,31,33-36H,3-10,12-14H2,1-2H3/b30-15+/t16?,18?,19-,20-,21?,22?,24?,25?,26?,27-,28?,29?/m0/s1. The maximum absolute atomic E-state index is 12.4. The van der Waals surface area contributed by atoms with E-state index >= 15 is 0 Å². The smallest absolute Gasteiger partial charge is 0.331 e. The average Bonchev–Trinajstić information content (AvgIpc) is 3.42. The van der Waals surface area contributed by atoms with E-state index in [1.54, 1.807) is 13.0 Å². The van der Waals surface area contributed by atoms with Crippen molar-refractivity contribution in [2.45, 2.75) is 120 Å². The van der Waals surface area contributed by atoms with Crippen LogP contribution in [0.3, 0.4) is 0 Å². The molecule has 0 bridgehead atoms. The molecule has 0 aromatic heterocycles. The number of esters is 1. The predicted octanol–water partition coefficient (Wildman–Crippen LogP) is 2.04. The van der Waals surface area contributed by atoms with E-state index in [-0.39, 0.29) is 36.2 Å². The van der Waals surface area contributed by atoms with E-state index in [4.69, 9.17) is 14.2 Å². The number of hydrogen-bond donors (Lipinski definition) is 5. The Hall–Kier alpha value is -1.56. The summed E-state index contributed by atoms with van der Waals surface area (Å²) < 4.78 is 17.2. The summed E-state index contributed by atoms with van der Waals surface area (Å²) in [4.78, 5) is 11.8. The zero-order chi connectivity index (χ0) is 27.8. The van der Waals surface area contributed by atoms with Gasteiger partial charge in [-0.25, -0.2) is 4.79 Å². The first-order chi connectivity index (χ1) is 18.5. The molecule has 0 spiro atoms. The molecule has 12 atom stereocenters. The van der Waals surface area contributed by atoms with Crippen molar-refractivity contribution in [3.05, 3.63) is 11.6 Å². The molecule has 0 aromatic rings. The maximum Gasteiger partial charge on any atom is 0.331 e. The van der Waals surface area contributed by atoms with Crippen molar-refractivity contribution < 1.29 is 44.6 Å². The molecule has 10 heteroatoms. The number of ether oxygens (including phenoxy) is 3. The third kappa shape index (κ3) is 3.96. The highest BCUT2D eigenvalue weighted by atomic mass is 16.7. The molecular formula is C29H43NO9. The van der Waals surface area contributed by atoms with Crippen molar-refractivity contribution in [3.8, 4) is 0 Å². The van der Waals surface area contributed by atoms with Gasteiger partial charge in [-0.15, -0.1) is 5.16 Å². The number of carbonyl (C=O) groups excluding carboxylic acids is 1. The molecule has 218 valence electrons. The zero-order valence-corrected chi connectivity index (χ0v) is 22.9. The minimum absolute atomic E-state index is 0.0664. The van der Waals surface area contributed by atoms with Crippen molar-refractivity contribution >= 4 is 12.2 Å². The van der Waals surface area contributed by atoms with E-state index in [0.29, 0.717) is 45.1 Å². The molecule has 2 aliphatic heterocycles. The maximum atomic E-state index is 12.4. The minimum Gasteiger partial charge on any atom is -0.458 e. The topological polar surface area (TPSA) is 158 Å². The van der Waals surface area contributed by atoms with Crippen LogP contribution in [0.15, 0.2) is 16.8 Å². The van der Waals surface area contributed by atoms with Crippen molar-refractivity contribution in [2.75, 3.05) is 6.61 Å². The van der Waals surface area contributed by atoms with Crippen LogP contribution >= 0.6 is 0 Å². The molecule has 2 heterocycles. The quantitative estimate of drug-likeness (QED) is 0.116. The normalized spacial score (nSPS) is 53.6. The zero-order valence-electron chi connectivity index (χ0n) is 22.9. The Morgan fingerprint density at radius 2 is 1.85 bits per heavy atom. The fourth-order valence-corrected chi connectivity index (χ4v) is 9.89. The van der Waals surface area contributed by atoms with Gasteiger partial charge in [0, 0.05) is 29.7 Å². The average molecular weight is 550 g/mol. The van der Waals surface area contributed by atoms with E-state index < -0.39 is 46.6 Å². The number of nitrogens with zero attached hydrogens (tertiary/aromatic N) is 1. The van der Waals surface area contributed by atoms with Crippen molar-refractivity contribution in [2.24, 2.45) is 33.7 Å².